The van der Waals surface area contributed by atoms with Gasteiger partial charge in [0.2, 0.25) is 0 Å². The molecule has 0 fully saturated rings. The van der Waals surface area contributed by atoms with Crippen molar-refractivity contribution >= 4 is 14.9 Å². The Balaban J connectivity index is 2.36. The molecule has 3 nitrogen and oxygen atoms in total. The Kier molecular flexibility index (Phi) is 3.15. The second-order valence-corrected chi connectivity index (χ2v) is 7.11. The first-order chi connectivity index (χ1) is 8.28. The molecule has 1 aromatic carbocycles. The lowest BCUT2D eigenvalue weighted by atomic mass is 10.0. The van der Waals surface area contributed by atoms with Crippen molar-refractivity contribution in [1.29, 1.82) is 0 Å². The van der Waals surface area contributed by atoms with Gasteiger partial charge in [-0.05, 0) is 25.0 Å². The molecular weight excluding hydrogens is 246 g/mol. The molecule has 2 rings (SSSR count). The van der Waals surface area contributed by atoms with Gasteiger partial charge in [-0.25, -0.2) is 8.42 Å². The van der Waals surface area contributed by atoms with Gasteiger partial charge in [-0.1, -0.05) is 36.4 Å². The van der Waals surface area contributed by atoms with E-state index in [2.05, 4.69) is 4.99 Å². The highest BCUT2D eigenvalue weighted by atomic mass is 32.2. The van der Waals surface area contributed by atoms with Crippen LogP contribution in [0.4, 0.5) is 0 Å². The van der Waals surface area contributed by atoms with Crippen LogP contribution in [0, 0.1) is 0 Å². The predicted octanol–water partition coefficient (Wildman–Crippen LogP) is 2.39. The van der Waals surface area contributed by atoms with Crippen LogP contribution in [0.5, 0.6) is 0 Å². The Morgan fingerprint density at radius 1 is 1.17 bits per heavy atom. The lowest BCUT2D eigenvalue weighted by molar-refractivity contribution is 0.611. The Hall–Kier alpha value is -1.42. The average Bonchev–Trinajstić information content (AvgIpc) is 2.55. The van der Waals surface area contributed by atoms with E-state index < -0.39 is 15.4 Å². The summed E-state index contributed by atoms with van der Waals surface area (Å²) in [6.07, 6.45) is 3.76. The number of rotatable bonds is 2. The molecule has 1 aliphatic rings. The first kappa shape index (κ1) is 13.0. The molecule has 0 saturated heterocycles. The predicted molar refractivity (Wildman–Crippen MR) is 74.6 cm³/mol. The Morgan fingerprint density at radius 2 is 1.78 bits per heavy atom. The van der Waals surface area contributed by atoms with Gasteiger partial charge in [0.15, 0.2) is 14.9 Å². The molecular formula is C14H17NO2S. The molecule has 1 heterocycles. The van der Waals surface area contributed by atoms with Gasteiger partial charge in [0, 0.05) is 12.7 Å². The Labute approximate surface area is 108 Å². The average molecular weight is 263 g/mol. The van der Waals surface area contributed by atoms with E-state index in [4.69, 9.17) is 0 Å². The maximum atomic E-state index is 11.8. The lowest BCUT2D eigenvalue weighted by Gasteiger charge is -2.08. The van der Waals surface area contributed by atoms with Gasteiger partial charge in [0.1, 0.15) is 0 Å². The minimum absolute atomic E-state index is 0.233. The van der Waals surface area contributed by atoms with Crippen molar-refractivity contribution in [3.63, 3.8) is 0 Å². The second kappa shape index (κ2) is 4.35. The summed E-state index contributed by atoms with van der Waals surface area (Å²) in [4.78, 5) is 4.31. The third kappa shape index (κ3) is 2.88. The second-order valence-electron chi connectivity index (χ2n) is 5.17. The minimum atomic E-state index is -3.26. The number of benzene rings is 1. The smallest absolute Gasteiger partial charge is 0.192 e. The van der Waals surface area contributed by atoms with Crippen LogP contribution in [-0.2, 0) is 16.3 Å². The molecule has 0 saturated carbocycles. The lowest BCUT2D eigenvalue weighted by Crippen LogP contribution is -2.16. The van der Waals surface area contributed by atoms with Crippen molar-refractivity contribution in [2.24, 2.45) is 4.99 Å². The summed E-state index contributed by atoms with van der Waals surface area (Å²) < 4.78 is 23.5. The molecule has 1 aromatic rings. The minimum Gasteiger partial charge on any atom is -0.263 e. The number of hydrogen-bond acceptors (Lipinski definition) is 3. The molecule has 4 heteroatoms. The number of hydrogen-bond donors (Lipinski definition) is 0. The summed E-state index contributed by atoms with van der Waals surface area (Å²) in [5.74, 6) is 0. The summed E-state index contributed by atoms with van der Waals surface area (Å²) in [6.45, 7) is 3.83. The van der Waals surface area contributed by atoms with E-state index in [1.54, 1.807) is 0 Å². The number of nitrogens with zero attached hydrogens (tertiary/aromatic N) is 1. The van der Waals surface area contributed by atoms with Crippen LogP contribution in [0.2, 0.25) is 0 Å². The van der Waals surface area contributed by atoms with Crippen molar-refractivity contribution in [2.45, 2.75) is 25.8 Å². The first-order valence-electron chi connectivity index (χ1n) is 5.84. The van der Waals surface area contributed by atoms with Crippen molar-refractivity contribution in [1.82, 2.24) is 0 Å². The molecule has 1 aliphatic heterocycles. The normalized spacial score (nSPS) is 18.4. The molecule has 0 amide bonds. The standard InChI is InChI=1S/C14H17NO2S/c1-14(2)10-12(13(15-14)18(3,16)17)9-11-7-5-4-6-8-11/h4-8,10H,9H2,1-3H3. The fourth-order valence-corrected chi connectivity index (χ4v) is 3.13. The largest absolute Gasteiger partial charge is 0.263 e. The molecule has 0 aromatic heterocycles. The maximum Gasteiger partial charge on any atom is 0.192 e. The summed E-state index contributed by atoms with van der Waals surface area (Å²) in [6, 6.07) is 9.83. The Bertz CT molecular complexity index is 610. The fraction of sp³-hybridized carbons (Fsp3) is 0.357. The highest BCUT2D eigenvalue weighted by molar-refractivity contribution is 8.06. The zero-order valence-electron chi connectivity index (χ0n) is 10.8. The van der Waals surface area contributed by atoms with E-state index in [0.717, 1.165) is 11.1 Å². The van der Waals surface area contributed by atoms with Crippen molar-refractivity contribution in [3.05, 3.63) is 47.5 Å². The zero-order valence-corrected chi connectivity index (χ0v) is 11.7. The fourth-order valence-electron chi connectivity index (χ4n) is 2.12. The van der Waals surface area contributed by atoms with E-state index in [9.17, 15) is 8.42 Å². The van der Waals surface area contributed by atoms with E-state index in [1.807, 2.05) is 50.3 Å². The summed E-state index contributed by atoms with van der Waals surface area (Å²) in [7, 11) is -3.26. The molecule has 0 radical (unpaired) electrons. The molecule has 0 aliphatic carbocycles. The van der Waals surface area contributed by atoms with Crippen LogP contribution in [0.1, 0.15) is 19.4 Å². The van der Waals surface area contributed by atoms with Gasteiger partial charge in [-0.15, -0.1) is 0 Å². The van der Waals surface area contributed by atoms with Crippen molar-refractivity contribution in [3.8, 4) is 0 Å². The van der Waals surface area contributed by atoms with Crippen molar-refractivity contribution in [2.75, 3.05) is 6.26 Å². The highest BCUT2D eigenvalue weighted by Gasteiger charge is 2.30. The number of sulfone groups is 1. The van der Waals surface area contributed by atoms with E-state index in [-0.39, 0.29) is 5.04 Å². The topological polar surface area (TPSA) is 46.5 Å². The summed E-state index contributed by atoms with van der Waals surface area (Å²) in [5, 5.41) is 0.233. The van der Waals surface area contributed by atoms with Crippen LogP contribution in [0.25, 0.3) is 0 Å². The molecule has 18 heavy (non-hydrogen) atoms. The summed E-state index contributed by atoms with van der Waals surface area (Å²) in [5.41, 5.74) is 1.47. The van der Waals surface area contributed by atoms with Gasteiger partial charge in [-0.3, -0.25) is 4.99 Å². The van der Waals surface area contributed by atoms with E-state index >= 15 is 0 Å². The van der Waals surface area contributed by atoms with Gasteiger partial charge in [0.25, 0.3) is 0 Å². The van der Waals surface area contributed by atoms with Crippen LogP contribution < -0.4 is 0 Å². The number of aliphatic imine (C=N–C) groups is 1. The first-order valence-corrected chi connectivity index (χ1v) is 7.73. The van der Waals surface area contributed by atoms with Crippen LogP contribution in [0.15, 0.2) is 47.0 Å². The third-order valence-corrected chi connectivity index (χ3v) is 3.84. The van der Waals surface area contributed by atoms with Crippen molar-refractivity contribution < 1.29 is 8.42 Å². The molecule has 0 N–H and O–H groups in total. The maximum absolute atomic E-state index is 11.8. The van der Waals surface area contributed by atoms with E-state index in [0.29, 0.717) is 6.42 Å². The molecule has 0 atom stereocenters. The van der Waals surface area contributed by atoms with Gasteiger partial charge < -0.3 is 0 Å². The van der Waals surface area contributed by atoms with Gasteiger partial charge in [-0.2, -0.15) is 0 Å². The zero-order chi connectivity index (χ0) is 13.4. The highest BCUT2D eigenvalue weighted by Crippen LogP contribution is 2.27. The third-order valence-electron chi connectivity index (χ3n) is 2.78. The molecule has 0 bridgehead atoms. The van der Waals surface area contributed by atoms with Gasteiger partial charge in [0.05, 0.1) is 5.54 Å². The van der Waals surface area contributed by atoms with Gasteiger partial charge >= 0.3 is 0 Å². The molecule has 96 valence electrons. The van der Waals surface area contributed by atoms with Crippen LogP contribution in [0.3, 0.4) is 0 Å². The monoisotopic (exact) mass is 263 g/mol. The summed E-state index contributed by atoms with van der Waals surface area (Å²) >= 11 is 0. The SMILES string of the molecule is CC1(C)C=C(Cc2ccccc2)C(S(C)(=O)=O)=N1. The molecule has 0 unspecified atom stereocenters. The Morgan fingerprint density at radius 3 is 2.33 bits per heavy atom. The molecule has 0 spiro atoms. The van der Waals surface area contributed by atoms with E-state index in [1.165, 1.54) is 6.26 Å². The quantitative estimate of drug-likeness (QED) is 0.822. The van der Waals surface area contributed by atoms with Crippen LogP contribution >= 0.6 is 0 Å². The van der Waals surface area contributed by atoms with Crippen LogP contribution in [-0.4, -0.2) is 25.3 Å².